The van der Waals surface area contributed by atoms with Crippen molar-refractivity contribution in [2.75, 3.05) is 7.11 Å². The molecule has 1 N–H and O–H groups in total. The number of pyridine rings is 1. The largest absolute Gasteiger partial charge is 0.496 e. The molecular weight excluding hydrogens is 300 g/mol. The van der Waals surface area contributed by atoms with Gasteiger partial charge in [0, 0.05) is 18.3 Å². The van der Waals surface area contributed by atoms with Crippen molar-refractivity contribution in [2.24, 2.45) is 0 Å². The molecule has 7 heteroatoms. The first-order valence-electron chi connectivity index (χ1n) is 5.76. The number of hydrogen-bond acceptors (Lipinski definition) is 4. The van der Waals surface area contributed by atoms with Crippen molar-refractivity contribution in [3.05, 3.63) is 53.3 Å². The van der Waals surface area contributed by atoms with Gasteiger partial charge in [-0.05, 0) is 18.2 Å². The van der Waals surface area contributed by atoms with Gasteiger partial charge in [0.15, 0.2) is 0 Å². The first kappa shape index (κ1) is 14.8. The zero-order valence-corrected chi connectivity index (χ0v) is 12.3. The number of halogens is 1. The second-order valence-corrected chi connectivity index (χ2v) is 6.10. The van der Waals surface area contributed by atoms with E-state index in [2.05, 4.69) is 9.71 Å². The van der Waals surface area contributed by atoms with E-state index < -0.39 is 10.0 Å². The van der Waals surface area contributed by atoms with Gasteiger partial charge in [-0.25, -0.2) is 18.1 Å². The van der Waals surface area contributed by atoms with E-state index in [1.54, 1.807) is 12.1 Å². The Morgan fingerprint density at radius 3 is 2.75 bits per heavy atom. The number of nitrogens with one attached hydrogen (secondary N) is 1. The van der Waals surface area contributed by atoms with Gasteiger partial charge in [0.2, 0.25) is 10.0 Å². The predicted molar refractivity (Wildman–Crippen MR) is 76.3 cm³/mol. The van der Waals surface area contributed by atoms with E-state index >= 15 is 0 Å². The molecule has 0 fully saturated rings. The van der Waals surface area contributed by atoms with Crippen LogP contribution in [0.2, 0.25) is 5.15 Å². The summed E-state index contributed by atoms with van der Waals surface area (Å²) < 4.78 is 31.9. The van der Waals surface area contributed by atoms with E-state index in [1.807, 2.05) is 12.1 Å². The van der Waals surface area contributed by atoms with Crippen LogP contribution >= 0.6 is 11.6 Å². The van der Waals surface area contributed by atoms with Gasteiger partial charge in [-0.2, -0.15) is 0 Å². The van der Waals surface area contributed by atoms with Gasteiger partial charge in [0.1, 0.15) is 10.9 Å². The van der Waals surface area contributed by atoms with Crippen LogP contribution in [-0.4, -0.2) is 20.5 Å². The molecule has 0 bridgehead atoms. The topological polar surface area (TPSA) is 68.3 Å². The number of ether oxygens (including phenoxy) is 1. The number of nitrogens with zero attached hydrogens (tertiary/aromatic N) is 1. The van der Waals surface area contributed by atoms with Gasteiger partial charge in [-0.1, -0.05) is 29.8 Å². The molecule has 1 aromatic carbocycles. The van der Waals surface area contributed by atoms with Crippen LogP contribution in [0.3, 0.4) is 0 Å². The van der Waals surface area contributed by atoms with Gasteiger partial charge in [0.05, 0.1) is 12.0 Å². The third-order valence-corrected chi connectivity index (χ3v) is 4.26. The fourth-order valence-corrected chi connectivity index (χ4v) is 2.91. The third-order valence-electron chi connectivity index (χ3n) is 2.65. The van der Waals surface area contributed by atoms with E-state index in [4.69, 9.17) is 16.3 Å². The summed E-state index contributed by atoms with van der Waals surface area (Å²) in [6, 6.07) is 9.88. The molecule has 0 atom stereocenters. The molecule has 0 amide bonds. The Hall–Kier alpha value is -1.63. The van der Waals surface area contributed by atoms with Crippen molar-refractivity contribution >= 4 is 21.6 Å². The predicted octanol–water partition coefficient (Wildman–Crippen LogP) is 2.22. The van der Waals surface area contributed by atoms with E-state index in [0.717, 1.165) is 5.56 Å². The summed E-state index contributed by atoms with van der Waals surface area (Å²) >= 11 is 5.69. The minimum Gasteiger partial charge on any atom is -0.496 e. The zero-order valence-electron chi connectivity index (χ0n) is 10.7. The fraction of sp³-hybridized carbons (Fsp3) is 0.154. The summed E-state index contributed by atoms with van der Waals surface area (Å²) in [7, 11) is -2.10. The van der Waals surface area contributed by atoms with Crippen molar-refractivity contribution in [1.82, 2.24) is 9.71 Å². The first-order valence-corrected chi connectivity index (χ1v) is 7.62. The number of sulfonamides is 1. The molecule has 0 aliphatic carbocycles. The Labute approximate surface area is 122 Å². The van der Waals surface area contributed by atoms with Gasteiger partial charge < -0.3 is 4.74 Å². The Balaban J connectivity index is 2.17. The summed E-state index contributed by atoms with van der Waals surface area (Å²) in [6.07, 6.45) is 1.35. The Morgan fingerprint density at radius 1 is 1.30 bits per heavy atom. The molecule has 0 saturated carbocycles. The number of para-hydroxylation sites is 1. The molecule has 5 nitrogen and oxygen atoms in total. The lowest BCUT2D eigenvalue weighted by molar-refractivity contribution is 0.409. The molecule has 20 heavy (non-hydrogen) atoms. The highest BCUT2D eigenvalue weighted by molar-refractivity contribution is 7.89. The average molecular weight is 313 g/mol. The van der Waals surface area contributed by atoms with Crippen LogP contribution in [0.15, 0.2) is 47.5 Å². The molecule has 2 rings (SSSR count). The molecule has 106 valence electrons. The molecule has 0 unspecified atom stereocenters. The number of methoxy groups -OCH3 is 1. The Bertz CT molecular complexity index is 704. The summed E-state index contributed by atoms with van der Waals surface area (Å²) in [5, 5.41) is 0.130. The standard InChI is InChI=1S/C13H13ClN2O3S/c1-19-12-5-3-2-4-10(12)9-16-20(17,18)11-6-7-15-13(14)8-11/h2-8,16H,9H2,1H3. The third kappa shape index (κ3) is 3.47. The lowest BCUT2D eigenvalue weighted by atomic mass is 10.2. The SMILES string of the molecule is COc1ccccc1CNS(=O)(=O)c1ccnc(Cl)c1. The second kappa shape index (κ2) is 6.21. The first-order chi connectivity index (χ1) is 9.53. The zero-order chi connectivity index (χ0) is 14.6. The molecule has 2 aromatic rings. The minimum absolute atomic E-state index is 0.0763. The smallest absolute Gasteiger partial charge is 0.241 e. The normalized spacial score (nSPS) is 11.3. The highest BCUT2D eigenvalue weighted by Gasteiger charge is 2.15. The van der Waals surface area contributed by atoms with Crippen molar-refractivity contribution in [2.45, 2.75) is 11.4 Å². The van der Waals surface area contributed by atoms with Crippen LogP contribution in [0.25, 0.3) is 0 Å². The second-order valence-electron chi connectivity index (χ2n) is 3.95. The van der Waals surface area contributed by atoms with Crippen LogP contribution in [-0.2, 0) is 16.6 Å². The summed E-state index contributed by atoms with van der Waals surface area (Å²) in [6.45, 7) is 0.131. The maximum absolute atomic E-state index is 12.1. The Kier molecular flexibility index (Phi) is 4.59. The van der Waals surface area contributed by atoms with Crippen LogP contribution in [0.1, 0.15) is 5.56 Å². The molecule has 1 aromatic heterocycles. The lowest BCUT2D eigenvalue weighted by Gasteiger charge is -2.10. The quantitative estimate of drug-likeness (QED) is 0.860. The van der Waals surface area contributed by atoms with Crippen molar-refractivity contribution in [3.8, 4) is 5.75 Å². The monoisotopic (exact) mass is 312 g/mol. The van der Waals surface area contributed by atoms with E-state index in [9.17, 15) is 8.42 Å². The molecule has 0 aliphatic rings. The molecule has 0 radical (unpaired) electrons. The van der Waals surface area contributed by atoms with Crippen molar-refractivity contribution in [1.29, 1.82) is 0 Å². The van der Waals surface area contributed by atoms with Gasteiger partial charge in [0.25, 0.3) is 0 Å². The molecule has 0 spiro atoms. The van der Waals surface area contributed by atoms with Crippen molar-refractivity contribution < 1.29 is 13.2 Å². The highest BCUT2D eigenvalue weighted by Crippen LogP contribution is 2.18. The number of benzene rings is 1. The summed E-state index contributed by atoms with van der Waals surface area (Å²) in [5.74, 6) is 0.628. The number of rotatable bonds is 5. The van der Waals surface area contributed by atoms with Gasteiger partial charge >= 0.3 is 0 Å². The summed E-state index contributed by atoms with van der Waals surface area (Å²) in [4.78, 5) is 3.83. The summed E-state index contributed by atoms with van der Waals surface area (Å²) in [5.41, 5.74) is 0.749. The van der Waals surface area contributed by atoms with Gasteiger partial charge in [-0.3, -0.25) is 0 Å². The minimum atomic E-state index is -3.64. The maximum Gasteiger partial charge on any atom is 0.241 e. The van der Waals surface area contributed by atoms with Crippen molar-refractivity contribution in [3.63, 3.8) is 0 Å². The molecule has 0 aliphatic heterocycles. The van der Waals surface area contributed by atoms with E-state index in [0.29, 0.717) is 5.75 Å². The van der Waals surface area contributed by atoms with E-state index in [1.165, 1.54) is 25.4 Å². The number of hydrogen-bond donors (Lipinski definition) is 1. The van der Waals surface area contributed by atoms with Gasteiger partial charge in [-0.15, -0.1) is 0 Å². The average Bonchev–Trinajstić information content (AvgIpc) is 2.45. The molecule has 1 heterocycles. The highest BCUT2D eigenvalue weighted by atomic mass is 35.5. The Morgan fingerprint density at radius 2 is 2.05 bits per heavy atom. The van der Waals surface area contributed by atoms with Crippen LogP contribution < -0.4 is 9.46 Å². The maximum atomic E-state index is 12.1. The molecule has 0 saturated heterocycles. The number of aromatic nitrogens is 1. The van der Waals surface area contributed by atoms with Crippen LogP contribution in [0.4, 0.5) is 0 Å². The lowest BCUT2D eigenvalue weighted by Crippen LogP contribution is -2.23. The van der Waals surface area contributed by atoms with E-state index in [-0.39, 0.29) is 16.6 Å². The molecular formula is C13H13ClN2O3S. The van der Waals surface area contributed by atoms with Crippen LogP contribution in [0, 0.1) is 0 Å². The fourth-order valence-electron chi connectivity index (χ4n) is 1.66. The van der Waals surface area contributed by atoms with Crippen LogP contribution in [0.5, 0.6) is 5.75 Å².